The highest BCUT2D eigenvalue weighted by molar-refractivity contribution is 6.31. The summed E-state index contributed by atoms with van der Waals surface area (Å²) in [6.07, 6.45) is 0. The first-order valence-electron chi connectivity index (χ1n) is 4.39. The molecule has 1 aromatic heterocycles. The number of carboxylic acids is 1. The van der Waals surface area contributed by atoms with Gasteiger partial charge in [-0.25, -0.2) is 9.78 Å². The van der Waals surface area contributed by atoms with Crippen LogP contribution in [0.3, 0.4) is 0 Å². The van der Waals surface area contributed by atoms with Crippen LogP contribution in [-0.2, 0) is 0 Å². The van der Waals surface area contributed by atoms with Crippen molar-refractivity contribution in [1.29, 1.82) is 0 Å². The summed E-state index contributed by atoms with van der Waals surface area (Å²) in [5, 5.41) is 9.96. The molecule has 0 unspecified atom stereocenters. The van der Waals surface area contributed by atoms with E-state index in [2.05, 4.69) is 4.98 Å². The number of hydrogen-bond donors (Lipinski definition) is 1. The molecule has 0 radical (unpaired) electrons. The third-order valence-corrected chi connectivity index (χ3v) is 2.66. The summed E-state index contributed by atoms with van der Waals surface area (Å²) in [5.41, 5.74) is 1.33. The average molecular weight is 222 g/mol. The molecule has 0 aliphatic heterocycles. The minimum absolute atomic E-state index is 0.227. The quantitative estimate of drug-likeness (QED) is 0.754. The van der Waals surface area contributed by atoms with Gasteiger partial charge in [-0.3, -0.25) is 0 Å². The summed E-state index contributed by atoms with van der Waals surface area (Å²) >= 11 is 5.86. The van der Waals surface area contributed by atoms with Crippen LogP contribution in [0.15, 0.2) is 24.3 Å². The molecule has 2 aromatic rings. The number of aromatic nitrogens is 1. The van der Waals surface area contributed by atoms with Crippen molar-refractivity contribution in [2.75, 3.05) is 0 Å². The van der Waals surface area contributed by atoms with Crippen molar-refractivity contribution in [2.24, 2.45) is 0 Å². The van der Waals surface area contributed by atoms with Gasteiger partial charge in [0, 0.05) is 10.9 Å². The van der Waals surface area contributed by atoms with Crippen LogP contribution >= 0.6 is 11.6 Å². The van der Waals surface area contributed by atoms with E-state index >= 15 is 0 Å². The molecule has 0 amide bonds. The van der Waals surface area contributed by atoms with Crippen molar-refractivity contribution in [1.82, 2.24) is 4.98 Å². The zero-order chi connectivity index (χ0) is 11.0. The topological polar surface area (TPSA) is 50.2 Å². The van der Waals surface area contributed by atoms with Crippen LogP contribution < -0.4 is 0 Å². The second-order valence-electron chi connectivity index (χ2n) is 3.22. The van der Waals surface area contributed by atoms with Gasteiger partial charge in [0.1, 0.15) is 5.15 Å². The molecule has 76 valence electrons. The lowest BCUT2D eigenvalue weighted by atomic mass is 10.0. The summed E-state index contributed by atoms with van der Waals surface area (Å²) in [6.45, 7) is 1.66. The maximum Gasteiger partial charge on any atom is 0.336 e. The molecule has 0 saturated heterocycles. The van der Waals surface area contributed by atoms with Gasteiger partial charge >= 0.3 is 5.97 Å². The minimum Gasteiger partial charge on any atom is -0.478 e. The lowest BCUT2D eigenvalue weighted by Gasteiger charge is -2.06. The van der Waals surface area contributed by atoms with E-state index in [9.17, 15) is 4.79 Å². The largest absolute Gasteiger partial charge is 0.478 e. The van der Waals surface area contributed by atoms with E-state index in [4.69, 9.17) is 16.7 Å². The Hall–Kier alpha value is -1.61. The molecule has 0 spiro atoms. The molecule has 1 heterocycles. The Balaban J connectivity index is 2.95. The lowest BCUT2D eigenvalue weighted by molar-refractivity contribution is 0.0698. The van der Waals surface area contributed by atoms with Crippen LogP contribution in [0.25, 0.3) is 10.9 Å². The smallest absolute Gasteiger partial charge is 0.336 e. The Bertz CT molecular complexity index is 552. The van der Waals surface area contributed by atoms with E-state index in [0.29, 0.717) is 16.5 Å². The second kappa shape index (κ2) is 3.51. The summed E-state index contributed by atoms with van der Waals surface area (Å²) in [7, 11) is 0. The van der Waals surface area contributed by atoms with Gasteiger partial charge in [-0.05, 0) is 13.0 Å². The average Bonchev–Trinajstić information content (AvgIpc) is 2.19. The third-order valence-electron chi connectivity index (χ3n) is 2.29. The Morgan fingerprint density at radius 2 is 2.07 bits per heavy atom. The molecule has 0 aliphatic carbocycles. The normalized spacial score (nSPS) is 10.5. The number of carboxylic acid groups (broad SMARTS) is 1. The molecule has 4 heteroatoms. The van der Waals surface area contributed by atoms with E-state index < -0.39 is 5.97 Å². The molecule has 15 heavy (non-hydrogen) atoms. The van der Waals surface area contributed by atoms with E-state index in [1.165, 1.54) is 0 Å². The fourth-order valence-electron chi connectivity index (χ4n) is 1.55. The van der Waals surface area contributed by atoms with Gasteiger partial charge in [0.2, 0.25) is 0 Å². The highest BCUT2D eigenvalue weighted by Crippen LogP contribution is 2.25. The number of aromatic carboxylic acids is 1. The molecule has 3 nitrogen and oxygen atoms in total. The highest BCUT2D eigenvalue weighted by atomic mass is 35.5. The molecular weight excluding hydrogens is 214 g/mol. The van der Waals surface area contributed by atoms with Crippen LogP contribution in [0.5, 0.6) is 0 Å². The fraction of sp³-hybridized carbons (Fsp3) is 0.0909. The van der Waals surface area contributed by atoms with Crippen LogP contribution in [0.4, 0.5) is 0 Å². The fourth-order valence-corrected chi connectivity index (χ4v) is 1.74. The van der Waals surface area contributed by atoms with E-state index in [-0.39, 0.29) is 10.7 Å². The minimum atomic E-state index is -0.979. The maximum absolute atomic E-state index is 11.1. The predicted molar refractivity (Wildman–Crippen MR) is 58.4 cm³/mol. The van der Waals surface area contributed by atoms with Crippen LogP contribution in [0.2, 0.25) is 5.15 Å². The van der Waals surface area contributed by atoms with Crippen molar-refractivity contribution in [2.45, 2.75) is 6.92 Å². The number of carbonyl (C=O) groups is 1. The Labute approximate surface area is 91.3 Å². The summed E-state index contributed by atoms with van der Waals surface area (Å²) < 4.78 is 0. The van der Waals surface area contributed by atoms with Crippen molar-refractivity contribution in [3.63, 3.8) is 0 Å². The van der Waals surface area contributed by atoms with Gasteiger partial charge in [-0.1, -0.05) is 29.8 Å². The highest BCUT2D eigenvalue weighted by Gasteiger charge is 2.15. The zero-order valence-electron chi connectivity index (χ0n) is 7.99. The number of fused-ring (bicyclic) bond motifs is 1. The molecule has 1 N–H and O–H groups in total. The first-order chi connectivity index (χ1) is 7.11. The van der Waals surface area contributed by atoms with Crippen LogP contribution in [-0.4, -0.2) is 16.1 Å². The van der Waals surface area contributed by atoms with Gasteiger partial charge in [-0.2, -0.15) is 0 Å². The van der Waals surface area contributed by atoms with Crippen molar-refractivity contribution in [3.8, 4) is 0 Å². The van der Waals surface area contributed by atoms with Gasteiger partial charge in [0.15, 0.2) is 0 Å². The third kappa shape index (κ3) is 1.55. The molecule has 0 bridgehead atoms. The predicted octanol–water partition coefficient (Wildman–Crippen LogP) is 2.89. The Morgan fingerprint density at radius 1 is 1.40 bits per heavy atom. The van der Waals surface area contributed by atoms with E-state index in [0.717, 1.165) is 0 Å². The maximum atomic E-state index is 11.1. The van der Waals surface area contributed by atoms with Crippen LogP contribution in [0.1, 0.15) is 15.9 Å². The first kappa shape index (κ1) is 9.93. The summed E-state index contributed by atoms with van der Waals surface area (Å²) in [5.74, 6) is -0.979. The number of rotatable bonds is 1. The van der Waals surface area contributed by atoms with Gasteiger partial charge < -0.3 is 5.11 Å². The van der Waals surface area contributed by atoms with Crippen molar-refractivity contribution in [3.05, 3.63) is 40.5 Å². The van der Waals surface area contributed by atoms with Gasteiger partial charge in [0.05, 0.1) is 11.1 Å². The first-order valence-corrected chi connectivity index (χ1v) is 4.77. The van der Waals surface area contributed by atoms with Crippen molar-refractivity contribution >= 4 is 28.5 Å². The number of halogens is 1. The molecule has 0 saturated carbocycles. The van der Waals surface area contributed by atoms with Gasteiger partial charge in [-0.15, -0.1) is 0 Å². The molecular formula is C11H8ClNO2. The SMILES string of the molecule is Cc1c(Cl)nc2ccccc2c1C(=O)O. The molecule has 0 atom stereocenters. The van der Waals surface area contributed by atoms with Crippen molar-refractivity contribution < 1.29 is 9.90 Å². The Morgan fingerprint density at radius 3 is 2.73 bits per heavy atom. The van der Waals surface area contributed by atoms with E-state index in [1.807, 2.05) is 0 Å². The molecule has 1 aromatic carbocycles. The summed E-state index contributed by atoms with van der Waals surface area (Å²) in [4.78, 5) is 15.2. The van der Waals surface area contributed by atoms with Gasteiger partial charge in [0.25, 0.3) is 0 Å². The zero-order valence-corrected chi connectivity index (χ0v) is 8.75. The number of hydrogen-bond acceptors (Lipinski definition) is 2. The molecule has 0 fully saturated rings. The summed E-state index contributed by atoms with van der Waals surface area (Å²) in [6, 6.07) is 7.05. The van der Waals surface area contributed by atoms with Crippen LogP contribution in [0, 0.1) is 6.92 Å². The number of nitrogens with zero attached hydrogens (tertiary/aromatic N) is 1. The van der Waals surface area contributed by atoms with E-state index in [1.54, 1.807) is 31.2 Å². The lowest BCUT2D eigenvalue weighted by Crippen LogP contribution is -2.03. The number of para-hydroxylation sites is 1. The second-order valence-corrected chi connectivity index (χ2v) is 3.58. The molecule has 0 aliphatic rings. The number of benzene rings is 1. The monoisotopic (exact) mass is 221 g/mol. The molecule has 2 rings (SSSR count). The standard InChI is InChI=1S/C11H8ClNO2/c1-6-9(11(14)15)7-4-2-3-5-8(7)13-10(6)12/h2-5H,1H3,(H,14,15). The Kier molecular flexibility index (Phi) is 2.32. The number of pyridine rings is 1.